The molecule has 7 nitrogen and oxygen atoms in total. The summed E-state index contributed by atoms with van der Waals surface area (Å²) in [6, 6.07) is 0.0543. The van der Waals surface area contributed by atoms with E-state index in [1.807, 2.05) is 13.8 Å². The van der Waals surface area contributed by atoms with Crippen molar-refractivity contribution in [1.29, 1.82) is 0 Å². The lowest BCUT2D eigenvalue weighted by Crippen LogP contribution is -2.29. The van der Waals surface area contributed by atoms with Crippen LogP contribution in [0.2, 0.25) is 0 Å². The van der Waals surface area contributed by atoms with Gasteiger partial charge in [0, 0.05) is 13.1 Å². The molecule has 0 amide bonds. The van der Waals surface area contributed by atoms with Crippen molar-refractivity contribution in [2.24, 2.45) is 7.05 Å². The Morgan fingerprint density at radius 2 is 2.12 bits per heavy atom. The Bertz CT molecular complexity index is 678. The molecule has 3 N–H and O–H groups in total. The molecule has 2 heterocycles. The van der Waals surface area contributed by atoms with E-state index in [-0.39, 0.29) is 12.0 Å². The molecule has 0 bridgehead atoms. The zero-order chi connectivity index (χ0) is 12.7. The molecular weight excluding hydrogens is 222 g/mol. The van der Waals surface area contributed by atoms with Crippen LogP contribution in [0.5, 0.6) is 0 Å². The zero-order valence-electron chi connectivity index (χ0n) is 10.0. The molecule has 0 fully saturated rings. The summed E-state index contributed by atoms with van der Waals surface area (Å²) >= 11 is 0. The third-order valence-electron chi connectivity index (χ3n) is 3.01. The van der Waals surface area contributed by atoms with Crippen molar-refractivity contribution in [3.63, 3.8) is 0 Å². The number of nitrogens with one attached hydrogen (secondary N) is 1. The molecule has 0 aliphatic heterocycles. The molecule has 0 saturated carbocycles. The summed E-state index contributed by atoms with van der Waals surface area (Å²) in [4.78, 5) is 29.6. The minimum Gasteiger partial charge on any atom is -0.369 e. The van der Waals surface area contributed by atoms with Crippen LogP contribution in [-0.2, 0) is 7.05 Å². The molecule has 92 valence electrons. The second-order valence-electron chi connectivity index (χ2n) is 4.09. The third-order valence-corrected chi connectivity index (χ3v) is 3.01. The molecule has 0 aliphatic carbocycles. The van der Waals surface area contributed by atoms with Gasteiger partial charge in [0.05, 0.1) is 0 Å². The fourth-order valence-corrected chi connectivity index (χ4v) is 1.85. The lowest BCUT2D eigenvalue weighted by molar-refractivity contribution is 0.550. The number of nitrogen functional groups attached to an aromatic ring is 1. The van der Waals surface area contributed by atoms with Crippen molar-refractivity contribution in [3.05, 3.63) is 20.8 Å². The van der Waals surface area contributed by atoms with E-state index >= 15 is 0 Å². The van der Waals surface area contributed by atoms with Gasteiger partial charge in [-0.15, -0.1) is 0 Å². The molecule has 2 aromatic rings. The normalized spacial score (nSPS) is 13.1. The number of aromatic nitrogens is 4. The first-order valence-corrected chi connectivity index (χ1v) is 5.44. The van der Waals surface area contributed by atoms with Gasteiger partial charge in [-0.25, -0.2) is 4.79 Å². The molecule has 2 aromatic heterocycles. The fourth-order valence-electron chi connectivity index (χ4n) is 1.85. The van der Waals surface area contributed by atoms with Crippen LogP contribution < -0.4 is 17.0 Å². The summed E-state index contributed by atoms with van der Waals surface area (Å²) < 4.78 is 2.94. The predicted molar refractivity (Wildman–Crippen MR) is 65.0 cm³/mol. The number of aryl methyl sites for hydroxylation is 1. The van der Waals surface area contributed by atoms with Crippen LogP contribution in [0.25, 0.3) is 11.2 Å². The van der Waals surface area contributed by atoms with E-state index in [0.717, 1.165) is 6.42 Å². The van der Waals surface area contributed by atoms with Crippen LogP contribution in [-0.4, -0.2) is 19.1 Å². The van der Waals surface area contributed by atoms with Gasteiger partial charge in [0.1, 0.15) is 0 Å². The predicted octanol–water partition coefficient (Wildman–Crippen LogP) is -0.0235. The highest BCUT2D eigenvalue weighted by Crippen LogP contribution is 2.20. The first-order valence-electron chi connectivity index (χ1n) is 5.44. The van der Waals surface area contributed by atoms with E-state index in [2.05, 4.69) is 9.97 Å². The van der Waals surface area contributed by atoms with E-state index in [4.69, 9.17) is 5.73 Å². The topological polar surface area (TPSA) is 98.7 Å². The van der Waals surface area contributed by atoms with Gasteiger partial charge in [-0.2, -0.15) is 4.98 Å². The van der Waals surface area contributed by atoms with Gasteiger partial charge in [0.15, 0.2) is 11.2 Å². The number of anilines is 1. The maximum atomic E-state index is 11.8. The zero-order valence-corrected chi connectivity index (χ0v) is 10.0. The monoisotopic (exact) mass is 237 g/mol. The molecule has 0 unspecified atom stereocenters. The number of fused-ring (bicyclic) bond motifs is 1. The Balaban J connectivity index is 2.97. The standard InChI is InChI=1S/C10H15N5O2/c1-4-5(2)15-6-7(12-9(15)11)14(3)10(17)13-8(6)16/h5H,4H2,1-3H3,(H2,11,12)(H,13,16,17)/t5-/m1/s1. The molecule has 0 radical (unpaired) electrons. The summed E-state index contributed by atoms with van der Waals surface area (Å²) in [5, 5.41) is 0. The molecular formula is C10H15N5O2. The number of aromatic amines is 1. The van der Waals surface area contributed by atoms with Gasteiger partial charge in [-0.3, -0.25) is 14.3 Å². The van der Waals surface area contributed by atoms with Crippen molar-refractivity contribution in [3.8, 4) is 0 Å². The van der Waals surface area contributed by atoms with Crippen LogP contribution in [0.1, 0.15) is 26.3 Å². The molecule has 2 rings (SSSR count). The maximum absolute atomic E-state index is 11.8. The van der Waals surface area contributed by atoms with Gasteiger partial charge in [0.2, 0.25) is 5.95 Å². The number of nitrogens with zero attached hydrogens (tertiary/aromatic N) is 3. The lowest BCUT2D eigenvalue weighted by Gasteiger charge is -2.12. The Labute approximate surface area is 96.9 Å². The highest BCUT2D eigenvalue weighted by Gasteiger charge is 2.18. The first kappa shape index (κ1) is 11.4. The third kappa shape index (κ3) is 1.54. The second-order valence-corrected chi connectivity index (χ2v) is 4.09. The van der Waals surface area contributed by atoms with Crippen LogP contribution in [0.3, 0.4) is 0 Å². The summed E-state index contributed by atoms with van der Waals surface area (Å²) in [7, 11) is 1.55. The largest absolute Gasteiger partial charge is 0.369 e. The fraction of sp³-hybridized carbons (Fsp3) is 0.500. The minimum absolute atomic E-state index is 0.0543. The maximum Gasteiger partial charge on any atom is 0.329 e. The Morgan fingerprint density at radius 3 is 2.71 bits per heavy atom. The summed E-state index contributed by atoms with van der Waals surface area (Å²) in [5.41, 5.74) is 5.52. The van der Waals surface area contributed by atoms with E-state index < -0.39 is 11.2 Å². The molecule has 0 aromatic carbocycles. The Morgan fingerprint density at radius 1 is 1.47 bits per heavy atom. The van der Waals surface area contributed by atoms with Crippen molar-refractivity contribution in [2.45, 2.75) is 26.3 Å². The molecule has 17 heavy (non-hydrogen) atoms. The van der Waals surface area contributed by atoms with Crippen molar-refractivity contribution >= 4 is 17.1 Å². The lowest BCUT2D eigenvalue weighted by atomic mass is 10.2. The quantitative estimate of drug-likeness (QED) is 0.766. The smallest absolute Gasteiger partial charge is 0.329 e. The number of rotatable bonds is 2. The van der Waals surface area contributed by atoms with Gasteiger partial charge in [0.25, 0.3) is 5.56 Å². The average molecular weight is 237 g/mol. The Hall–Kier alpha value is -2.05. The molecule has 0 aliphatic rings. The van der Waals surface area contributed by atoms with E-state index in [1.54, 1.807) is 11.6 Å². The van der Waals surface area contributed by atoms with Crippen molar-refractivity contribution < 1.29 is 0 Å². The highest BCUT2D eigenvalue weighted by atomic mass is 16.2. The molecule has 7 heteroatoms. The van der Waals surface area contributed by atoms with E-state index in [0.29, 0.717) is 11.2 Å². The van der Waals surface area contributed by atoms with E-state index in [9.17, 15) is 9.59 Å². The van der Waals surface area contributed by atoms with Gasteiger partial charge in [-0.05, 0) is 13.3 Å². The average Bonchev–Trinajstić information content (AvgIpc) is 2.63. The summed E-state index contributed by atoms with van der Waals surface area (Å²) in [6.45, 7) is 3.94. The molecule has 0 spiro atoms. The molecule has 0 saturated heterocycles. The van der Waals surface area contributed by atoms with Crippen molar-refractivity contribution in [2.75, 3.05) is 5.73 Å². The number of nitrogens with two attached hydrogens (primary N) is 1. The molecule has 1 atom stereocenters. The van der Waals surface area contributed by atoms with E-state index in [1.165, 1.54) is 4.57 Å². The summed E-state index contributed by atoms with van der Waals surface area (Å²) in [5.74, 6) is 0.251. The van der Waals surface area contributed by atoms with Crippen molar-refractivity contribution in [1.82, 2.24) is 19.1 Å². The minimum atomic E-state index is -0.490. The van der Waals surface area contributed by atoms with Gasteiger partial charge < -0.3 is 10.3 Å². The summed E-state index contributed by atoms with van der Waals surface area (Å²) in [6.07, 6.45) is 0.817. The first-order chi connectivity index (χ1) is 7.97. The second kappa shape index (κ2) is 3.76. The van der Waals surface area contributed by atoms with Crippen LogP contribution in [0.15, 0.2) is 9.59 Å². The number of H-pyrrole nitrogens is 1. The van der Waals surface area contributed by atoms with Crippen LogP contribution >= 0.6 is 0 Å². The van der Waals surface area contributed by atoms with Gasteiger partial charge in [-0.1, -0.05) is 6.92 Å². The Kier molecular flexibility index (Phi) is 2.53. The van der Waals surface area contributed by atoms with Gasteiger partial charge >= 0.3 is 5.69 Å². The number of imidazole rings is 1. The number of hydrogen-bond donors (Lipinski definition) is 2. The van der Waals surface area contributed by atoms with Crippen LogP contribution in [0, 0.1) is 0 Å². The SMILES string of the molecule is CC[C@@H](C)n1c(N)nc2c1c(=O)[nH]c(=O)n2C. The highest BCUT2D eigenvalue weighted by molar-refractivity contribution is 5.73. The van der Waals surface area contributed by atoms with Crippen LogP contribution in [0.4, 0.5) is 5.95 Å². The number of hydrogen-bond acceptors (Lipinski definition) is 4.